The number of nitrogens with zero attached hydrogens (tertiary/aromatic N) is 1. The molecule has 1 fully saturated rings. The molecule has 1 saturated carbocycles. The first kappa shape index (κ1) is 11.7. The summed E-state index contributed by atoms with van der Waals surface area (Å²) in [6.07, 6.45) is 5.02. The maximum atomic E-state index is 11.7. The van der Waals surface area contributed by atoms with Gasteiger partial charge >= 0.3 is 0 Å². The van der Waals surface area contributed by atoms with Crippen LogP contribution < -0.4 is 5.32 Å². The van der Waals surface area contributed by atoms with Crippen molar-refractivity contribution < 1.29 is 4.79 Å². The van der Waals surface area contributed by atoms with Crippen LogP contribution in [0.15, 0.2) is 24.3 Å². The highest BCUT2D eigenvalue weighted by atomic mass is 16.1. The van der Waals surface area contributed by atoms with Gasteiger partial charge in [0.25, 0.3) is 5.91 Å². The van der Waals surface area contributed by atoms with Gasteiger partial charge in [0.15, 0.2) is 0 Å². The minimum atomic E-state index is -0.0507. The molecule has 2 rings (SSSR count). The molecule has 3 nitrogen and oxygen atoms in total. The van der Waals surface area contributed by atoms with Crippen LogP contribution in [0.2, 0.25) is 0 Å². The van der Waals surface area contributed by atoms with Crippen molar-refractivity contribution in [2.45, 2.75) is 25.7 Å². The molecule has 1 aliphatic carbocycles. The Balaban J connectivity index is 1.75. The van der Waals surface area contributed by atoms with Crippen molar-refractivity contribution in [1.82, 2.24) is 5.32 Å². The van der Waals surface area contributed by atoms with Crippen LogP contribution in [0.25, 0.3) is 0 Å². The molecule has 0 bridgehead atoms. The molecule has 0 aromatic heterocycles. The molecule has 1 aromatic carbocycles. The normalized spacial score (nSPS) is 14.1. The van der Waals surface area contributed by atoms with E-state index < -0.39 is 0 Å². The fraction of sp³-hybridized carbons (Fsp3) is 0.429. The number of carbonyl (C=O) groups excluding carboxylic acids is 1. The lowest BCUT2D eigenvalue weighted by molar-refractivity contribution is 0.0953. The van der Waals surface area contributed by atoms with Crippen LogP contribution in [0.5, 0.6) is 0 Å². The summed E-state index contributed by atoms with van der Waals surface area (Å²) in [5, 5.41) is 11.5. The molecule has 1 aliphatic rings. The van der Waals surface area contributed by atoms with Gasteiger partial charge < -0.3 is 5.32 Å². The standard InChI is InChI=1S/C14H16N2O/c15-10-12-5-7-13(8-6-12)14(17)16-9-1-2-11-3-4-11/h5-8,11H,1-4,9H2,(H,16,17). The molecule has 17 heavy (non-hydrogen) atoms. The Labute approximate surface area is 101 Å². The molecule has 0 unspecified atom stereocenters. The second-order valence-corrected chi connectivity index (χ2v) is 4.53. The van der Waals surface area contributed by atoms with Gasteiger partial charge in [0.1, 0.15) is 0 Å². The Kier molecular flexibility index (Phi) is 3.77. The Morgan fingerprint density at radius 2 is 2.06 bits per heavy atom. The molecule has 1 aromatic rings. The van der Waals surface area contributed by atoms with E-state index in [-0.39, 0.29) is 5.91 Å². The third-order valence-electron chi connectivity index (χ3n) is 3.05. The number of rotatable bonds is 5. The number of carbonyl (C=O) groups is 1. The molecule has 1 N–H and O–H groups in total. The molecule has 0 spiro atoms. The van der Waals surface area contributed by atoms with Gasteiger partial charge in [-0.15, -0.1) is 0 Å². The summed E-state index contributed by atoms with van der Waals surface area (Å²) < 4.78 is 0. The highest BCUT2D eigenvalue weighted by molar-refractivity contribution is 5.94. The first-order valence-electron chi connectivity index (χ1n) is 6.08. The lowest BCUT2D eigenvalue weighted by Crippen LogP contribution is -2.24. The highest BCUT2D eigenvalue weighted by Gasteiger charge is 2.20. The molecular weight excluding hydrogens is 212 g/mol. The van der Waals surface area contributed by atoms with E-state index >= 15 is 0 Å². The minimum Gasteiger partial charge on any atom is -0.352 e. The average molecular weight is 228 g/mol. The van der Waals surface area contributed by atoms with Crippen molar-refractivity contribution in [3.8, 4) is 6.07 Å². The van der Waals surface area contributed by atoms with Crippen molar-refractivity contribution in [2.75, 3.05) is 6.54 Å². The van der Waals surface area contributed by atoms with Gasteiger partial charge in [0.2, 0.25) is 0 Å². The number of nitrogens with one attached hydrogen (secondary N) is 1. The third-order valence-corrected chi connectivity index (χ3v) is 3.05. The van der Waals surface area contributed by atoms with E-state index in [1.165, 1.54) is 19.3 Å². The van der Waals surface area contributed by atoms with Gasteiger partial charge in [0, 0.05) is 12.1 Å². The summed E-state index contributed by atoms with van der Waals surface area (Å²) in [6, 6.07) is 8.74. The smallest absolute Gasteiger partial charge is 0.251 e. The topological polar surface area (TPSA) is 52.9 Å². The molecule has 3 heteroatoms. The predicted molar refractivity (Wildman–Crippen MR) is 65.4 cm³/mol. The number of hydrogen-bond acceptors (Lipinski definition) is 2. The Morgan fingerprint density at radius 3 is 2.65 bits per heavy atom. The van der Waals surface area contributed by atoms with Crippen LogP contribution in [-0.4, -0.2) is 12.5 Å². The fourth-order valence-corrected chi connectivity index (χ4v) is 1.80. The zero-order valence-corrected chi connectivity index (χ0v) is 9.78. The second kappa shape index (κ2) is 5.49. The third kappa shape index (κ3) is 3.60. The van der Waals surface area contributed by atoms with E-state index in [0.717, 1.165) is 18.9 Å². The quantitative estimate of drug-likeness (QED) is 0.787. The van der Waals surface area contributed by atoms with Crippen LogP contribution in [-0.2, 0) is 0 Å². The van der Waals surface area contributed by atoms with Crippen LogP contribution in [0.4, 0.5) is 0 Å². The Morgan fingerprint density at radius 1 is 1.35 bits per heavy atom. The second-order valence-electron chi connectivity index (χ2n) is 4.53. The number of amides is 1. The zero-order chi connectivity index (χ0) is 12.1. The lowest BCUT2D eigenvalue weighted by Gasteiger charge is -2.04. The van der Waals surface area contributed by atoms with Crippen molar-refractivity contribution >= 4 is 5.91 Å². The first-order chi connectivity index (χ1) is 8.29. The summed E-state index contributed by atoms with van der Waals surface area (Å²) in [6.45, 7) is 0.745. The molecule has 0 aliphatic heterocycles. The maximum absolute atomic E-state index is 11.7. The van der Waals surface area contributed by atoms with Crippen molar-refractivity contribution in [3.63, 3.8) is 0 Å². The van der Waals surface area contributed by atoms with Gasteiger partial charge in [-0.25, -0.2) is 0 Å². The van der Waals surface area contributed by atoms with Crippen LogP contribution in [0.1, 0.15) is 41.6 Å². The monoisotopic (exact) mass is 228 g/mol. The fourth-order valence-electron chi connectivity index (χ4n) is 1.80. The summed E-state index contributed by atoms with van der Waals surface area (Å²) in [5.74, 6) is 0.868. The minimum absolute atomic E-state index is 0.0507. The molecule has 0 saturated heterocycles. The van der Waals surface area contributed by atoms with E-state index in [9.17, 15) is 4.79 Å². The Bertz CT molecular complexity index is 427. The van der Waals surface area contributed by atoms with Gasteiger partial charge in [-0.05, 0) is 43.0 Å². The zero-order valence-electron chi connectivity index (χ0n) is 9.78. The van der Waals surface area contributed by atoms with Gasteiger partial charge in [0.05, 0.1) is 11.6 Å². The van der Waals surface area contributed by atoms with E-state index in [0.29, 0.717) is 11.1 Å². The van der Waals surface area contributed by atoms with Crippen molar-refractivity contribution in [1.29, 1.82) is 5.26 Å². The maximum Gasteiger partial charge on any atom is 0.251 e. The largest absolute Gasteiger partial charge is 0.352 e. The molecule has 88 valence electrons. The summed E-state index contributed by atoms with van der Waals surface area (Å²) in [5.41, 5.74) is 1.20. The van der Waals surface area contributed by atoms with Crippen molar-refractivity contribution in [3.05, 3.63) is 35.4 Å². The molecular formula is C14H16N2O. The van der Waals surface area contributed by atoms with Crippen LogP contribution >= 0.6 is 0 Å². The van der Waals surface area contributed by atoms with Gasteiger partial charge in [-0.1, -0.05) is 12.8 Å². The first-order valence-corrected chi connectivity index (χ1v) is 6.08. The van der Waals surface area contributed by atoms with Crippen LogP contribution in [0.3, 0.4) is 0 Å². The molecule has 0 radical (unpaired) electrons. The van der Waals surface area contributed by atoms with Gasteiger partial charge in [-0.2, -0.15) is 5.26 Å². The lowest BCUT2D eigenvalue weighted by atomic mass is 10.1. The molecule has 0 heterocycles. The summed E-state index contributed by atoms with van der Waals surface area (Å²) >= 11 is 0. The van der Waals surface area contributed by atoms with E-state index in [2.05, 4.69) is 5.32 Å². The van der Waals surface area contributed by atoms with E-state index in [1.807, 2.05) is 6.07 Å². The SMILES string of the molecule is N#Cc1ccc(C(=O)NCCCC2CC2)cc1. The van der Waals surface area contributed by atoms with Crippen molar-refractivity contribution in [2.24, 2.45) is 5.92 Å². The van der Waals surface area contributed by atoms with E-state index in [4.69, 9.17) is 5.26 Å². The molecule has 0 atom stereocenters. The number of benzene rings is 1. The Hall–Kier alpha value is -1.82. The summed E-state index contributed by atoms with van der Waals surface area (Å²) in [4.78, 5) is 11.7. The summed E-state index contributed by atoms with van der Waals surface area (Å²) in [7, 11) is 0. The molecule has 1 amide bonds. The predicted octanol–water partition coefficient (Wildman–Crippen LogP) is 2.48. The highest BCUT2D eigenvalue weighted by Crippen LogP contribution is 2.33. The number of hydrogen-bond donors (Lipinski definition) is 1. The van der Waals surface area contributed by atoms with E-state index in [1.54, 1.807) is 24.3 Å². The number of nitriles is 1. The van der Waals surface area contributed by atoms with Crippen LogP contribution in [0, 0.1) is 17.2 Å². The van der Waals surface area contributed by atoms with Gasteiger partial charge in [-0.3, -0.25) is 4.79 Å². The average Bonchev–Trinajstić information content (AvgIpc) is 3.18.